The molecule has 1 amide bonds. The van der Waals surface area contributed by atoms with Crippen LogP contribution in [0.25, 0.3) is 10.9 Å². The molecular formula is C26H36N4O2. The van der Waals surface area contributed by atoms with E-state index in [1.165, 1.54) is 38.5 Å². The molecule has 6 heteroatoms. The van der Waals surface area contributed by atoms with E-state index in [2.05, 4.69) is 28.9 Å². The molecule has 6 rings (SSSR count). The Kier molecular flexibility index (Phi) is 6.08. The normalized spacial score (nSPS) is 28.2. The van der Waals surface area contributed by atoms with Gasteiger partial charge in [0.25, 0.3) is 0 Å². The minimum absolute atomic E-state index is 0.144. The molecule has 1 aromatic heterocycles. The zero-order valence-electron chi connectivity index (χ0n) is 19.1. The summed E-state index contributed by atoms with van der Waals surface area (Å²) in [7, 11) is 0. The number of rotatable bonds is 9. The molecule has 4 aliphatic rings. The number of hydrogen-bond donors (Lipinski definition) is 4. The molecule has 4 bridgehead atoms. The zero-order valence-corrected chi connectivity index (χ0v) is 19.1. The topological polar surface area (TPSA) is 86.3 Å². The molecule has 0 spiro atoms. The van der Waals surface area contributed by atoms with Gasteiger partial charge in [-0.1, -0.05) is 6.07 Å². The fourth-order valence-electron chi connectivity index (χ4n) is 7.09. The number of pyridine rings is 1. The Balaban J connectivity index is 1.27. The van der Waals surface area contributed by atoms with Crippen LogP contribution in [0.1, 0.15) is 50.5 Å². The number of nitrogens with one attached hydrogen (secondary N) is 3. The number of aromatic nitrogens is 1. The Morgan fingerprint density at radius 3 is 2.44 bits per heavy atom. The van der Waals surface area contributed by atoms with Crippen molar-refractivity contribution in [1.82, 2.24) is 10.3 Å². The van der Waals surface area contributed by atoms with Crippen molar-refractivity contribution < 1.29 is 9.90 Å². The van der Waals surface area contributed by atoms with Gasteiger partial charge in [-0.05, 0) is 92.4 Å². The van der Waals surface area contributed by atoms with E-state index in [-0.39, 0.29) is 17.9 Å². The van der Waals surface area contributed by atoms with Gasteiger partial charge >= 0.3 is 0 Å². The molecule has 0 aliphatic heterocycles. The van der Waals surface area contributed by atoms with Gasteiger partial charge in [0.15, 0.2) is 0 Å². The third kappa shape index (κ3) is 4.48. The number of amides is 1. The Labute approximate surface area is 190 Å². The number of anilines is 2. The second-order valence-corrected chi connectivity index (χ2v) is 10.6. The van der Waals surface area contributed by atoms with Crippen LogP contribution in [-0.2, 0) is 4.79 Å². The average Bonchev–Trinajstić information content (AvgIpc) is 2.74. The van der Waals surface area contributed by atoms with E-state index >= 15 is 0 Å². The first-order valence-electron chi connectivity index (χ1n) is 12.3. The lowest BCUT2D eigenvalue weighted by Crippen LogP contribution is -2.47. The molecule has 0 atom stereocenters. The summed E-state index contributed by atoms with van der Waals surface area (Å²) in [6.07, 6.45) is 8.65. The largest absolute Gasteiger partial charge is 0.395 e. The minimum atomic E-state index is 0.144. The maximum atomic E-state index is 13.2. The highest BCUT2D eigenvalue weighted by molar-refractivity contribution is 6.02. The van der Waals surface area contributed by atoms with Crippen molar-refractivity contribution in [3.8, 4) is 0 Å². The predicted molar refractivity (Wildman–Crippen MR) is 129 cm³/mol. The van der Waals surface area contributed by atoms with Crippen LogP contribution in [0.3, 0.4) is 0 Å². The molecule has 0 unspecified atom stereocenters. The summed E-state index contributed by atoms with van der Waals surface area (Å²) >= 11 is 0. The molecule has 32 heavy (non-hydrogen) atoms. The van der Waals surface area contributed by atoms with Gasteiger partial charge in [-0.25, -0.2) is 4.98 Å². The second-order valence-electron chi connectivity index (χ2n) is 10.6. The van der Waals surface area contributed by atoms with Crippen LogP contribution in [-0.4, -0.2) is 42.2 Å². The molecule has 0 saturated heterocycles. The Morgan fingerprint density at radius 1 is 1.03 bits per heavy atom. The lowest BCUT2D eigenvalue weighted by Gasteiger charge is -2.56. The third-order valence-corrected chi connectivity index (χ3v) is 7.94. The van der Waals surface area contributed by atoms with E-state index in [4.69, 9.17) is 10.1 Å². The number of carbonyl (C=O) groups excluding carboxylic acids is 1. The van der Waals surface area contributed by atoms with Gasteiger partial charge in [0.2, 0.25) is 5.91 Å². The highest BCUT2D eigenvalue weighted by atomic mass is 16.3. The standard InChI is InChI=1S/C26H36N4O2/c1-17-2-4-22-21(3-5-23(29-22)28-7-6-27-8-9-31)25(17)30-24(32)16-26-13-18-10-19(14-26)12-20(11-18)15-26/h2-5,18-20,27,31H,6-16H2,1H3,(H,28,29)(H,30,32). The van der Waals surface area contributed by atoms with Crippen molar-refractivity contribution in [2.45, 2.75) is 51.9 Å². The molecule has 1 aromatic carbocycles. The van der Waals surface area contributed by atoms with Crippen LogP contribution in [0.4, 0.5) is 11.5 Å². The molecule has 4 saturated carbocycles. The lowest BCUT2D eigenvalue weighted by molar-refractivity contribution is -0.124. The maximum Gasteiger partial charge on any atom is 0.224 e. The van der Waals surface area contributed by atoms with Crippen LogP contribution >= 0.6 is 0 Å². The average molecular weight is 437 g/mol. The number of aliphatic hydroxyl groups is 1. The first-order valence-corrected chi connectivity index (χ1v) is 12.3. The summed E-state index contributed by atoms with van der Waals surface area (Å²) < 4.78 is 0. The summed E-state index contributed by atoms with van der Waals surface area (Å²) in [5, 5.41) is 19.6. The summed E-state index contributed by atoms with van der Waals surface area (Å²) in [5.74, 6) is 3.57. The molecule has 2 aromatic rings. The van der Waals surface area contributed by atoms with E-state index in [9.17, 15) is 4.79 Å². The first kappa shape index (κ1) is 21.7. The number of fused-ring (bicyclic) bond motifs is 1. The molecule has 172 valence electrons. The summed E-state index contributed by atoms with van der Waals surface area (Å²) in [6.45, 7) is 4.29. The highest BCUT2D eigenvalue weighted by Gasteiger charge is 2.51. The number of aliphatic hydroxyl groups excluding tert-OH is 1. The van der Waals surface area contributed by atoms with Gasteiger partial charge in [0, 0.05) is 31.4 Å². The smallest absolute Gasteiger partial charge is 0.224 e. The summed E-state index contributed by atoms with van der Waals surface area (Å²) in [5.41, 5.74) is 3.11. The van der Waals surface area contributed by atoms with E-state index in [1.807, 2.05) is 18.2 Å². The molecular weight excluding hydrogens is 400 g/mol. The fourth-order valence-corrected chi connectivity index (χ4v) is 7.09. The van der Waals surface area contributed by atoms with Crippen molar-refractivity contribution in [1.29, 1.82) is 0 Å². The number of hydrogen-bond acceptors (Lipinski definition) is 5. The number of carbonyl (C=O) groups is 1. The summed E-state index contributed by atoms with van der Waals surface area (Å²) in [6, 6.07) is 8.10. The second kappa shape index (κ2) is 8.99. The molecule has 0 radical (unpaired) electrons. The van der Waals surface area contributed by atoms with E-state index in [1.54, 1.807) is 0 Å². The third-order valence-electron chi connectivity index (χ3n) is 7.94. The molecule has 4 fully saturated rings. The van der Waals surface area contributed by atoms with E-state index in [0.29, 0.717) is 13.0 Å². The van der Waals surface area contributed by atoms with Crippen LogP contribution in [0.5, 0.6) is 0 Å². The van der Waals surface area contributed by atoms with Gasteiger partial charge < -0.3 is 21.1 Å². The SMILES string of the molecule is Cc1ccc2nc(NCCNCCO)ccc2c1NC(=O)CC12CC3CC(CC(C3)C1)C2. The van der Waals surface area contributed by atoms with Crippen LogP contribution in [0.2, 0.25) is 0 Å². The molecule has 6 nitrogen and oxygen atoms in total. The molecule has 4 aliphatic carbocycles. The monoisotopic (exact) mass is 436 g/mol. The number of aryl methyl sites for hydroxylation is 1. The predicted octanol–water partition coefficient (Wildman–Crippen LogP) is 4.08. The minimum Gasteiger partial charge on any atom is -0.395 e. The van der Waals surface area contributed by atoms with Crippen molar-refractivity contribution >= 4 is 28.3 Å². The quantitative estimate of drug-likeness (QED) is 0.445. The Morgan fingerprint density at radius 2 is 1.75 bits per heavy atom. The zero-order chi connectivity index (χ0) is 22.1. The Hall–Kier alpha value is -2.18. The fraction of sp³-hybridized carbons (Fsp3) is 0.615. The van der Waals surface area contributed by atoms with E-state index < -0.39 is 0 Å². The maximum absolute atomic E-state index is 13.2. The lowest BCUT2D eigenvalue weighted by atomic mass is 9.49. The molecule has 4 N–H and O–H groups in total. The van der Waals surface area contributed by atoms with Crippen molar-refractivity contribution in [2.75, 3.05) is 36.9 Å². The van der Waals surface area contributed by atoms with Crippen molar-refractivity contribution in [3.63, 3.8) is 0 Å². The van der Waals surface area contributed by atoms with Gasteiger partial charge in [-0.15, -0.1) is 0 Å². The van der Waals surface area contributed by atoms with Gasteiger partial charge in [-0.3, -0.25) is 4.79 Å². The van der Waals surface area contributed by atoms with Gasteiger partial charge in [0.1, 0.15) is 5.82 Å². The number of nitrogens with zero attached hydrogens (tertiary/aromatic N) is 1. The summed E-state index contributed by atoms with van der Waals surface area (Å²) in [4.78, 5) is 18.0. The highest BCUT2D eigenvalue weighted by Crippen LogP contribution is 2.61. The number of benzene rings is 1. The van der Waals surface area contributed by atoms with E-state index in [0.717, 1.165) is 58.8 Å². The van der Waals surface area contributed by atoms with Crippen molar-refractivity contribution in [3.05, 3.63) is 29.8 Å². The van der Waals surface area contributed by atoms with Crippen molar-refractivity contribution in [2.24, 2.45) is 23.2 Å². The Bertz CT molecular complexity index is 954. The molecule has 1 heterocycles. The van der Waals surface area contributed by atoms with Gasteiger partial charge in [0.05, 0.1) is 17.8 Å². The van der Waals surface area contributed by atoms with Crippen LogP contribution < -0.4 is 16.0 Å². The van der Waals surface area contributed by atoms with Gasteiger partial charge in [-0.2, -0.15) is 0 Å². The van der Waals surface area contributed by atoms with Crippen LogP contribution in [0.15, 0.2) is 24.3 Å². The van der Waals surface area contributed by atoms with Crippen LogP contribution in [0, 0.1) is 30.1 Å². The first-order chi connectivity index (χ1) is 15.5.